The second-order valence-electron chi connectivity index (χ2n) is 2.96. The van der Waals surface area contributed by atoms with Crippen molar-refractivity contribution in [2.75, 3.05) is 0 Å². The number of aromatic nitrogens is 2. The minimum Gasteiger partial charge on any atom is -0.343 e. The molecule has 17 heavy (non-hydrogen) atoms. The molecule has 2 rings (SSSR count). The van der Waals surface area contributed by atoms with Gasteiger partial charge in [0.25, 0.3) is 0 Å². The number of carbonyl (C=O) groups excluding carboxylic acids is 1. The summed E-state index contributed by atoms with van der Waals surface area (Å²) < 4.78 is 21.1. The lowest BCUT2D eigenvalue weighted by molar-refractivity contribution is 0.0940. The number of para-hydroxylation sites is 1. The summed E-state index contributed by atoms with van der Waals surface area (Å²) in [6.07, 6.45) is 0. The van der Waals surface area contributed by atoms with E-state index in [1.54, 1.807) is 22.9 Å². The summed E-state index contributed by atoms with van der Waals surface area (Å²) in [5.41, 5.74) is -0.956. The molecule has 0 aliphatic carbocycles. The van der Waals surface area contributed by atoms with E-state index in [1.807, 2.05) is 0 Å². The van der Waals surface area contributed by atoms with Gasteiger partial charge in [-0.1, -0.05) is 12.1 Å². The van der Waals surface area contributed by atoms with E-state index in [-0.39, 0.29) is 5.69 Å². The van der Waals surface area contributed by atoms with E-state index >= 15 is 0 Å². The Morgan fingerprint density at radius 3 is 2.82 bits per heavy atom. The van der Waals surface area contributed by atoms with Gasteiger partial charge in [0.05, 0.1) is 22.9 Å². The van der Waals surface area contributed by atoms with Gasteiger partial charge < -0.3 is 4.52 Å². The Bertz CT molecular complexity index is 622. The zero-order chi connectivity index (χ0) is 12.4. The highest BCUT2D eigenvalue weighted by Gasteiger charge is 2.17. The number of hydrogen-bond acceptors (Lipinski definition) is 4. The zero-order valence-corrected chi connectivity index (χ0v) is 10.3. The highest BCUT2D eigenvalue weighted by atomic mass is 127. The van der Waals surface area contributed by atoms with Crippen molar-refractivity contribution in [2.24, 2.45) is 0 Å². The standard InChI is InChI=1S/C9H5FIN3O3/c10-5-3-1-2-4-6(5)14-9(16)12-8(17-14)7(15)13-11/h1-4H,(H,13,15). The Labute approximate surface area is 108 Å². The molecule has 0 spiro atoms. The van der Waals surface area contributed by atoms with Gasteiger partial charge in [0.1, 0.15) is 5.69 Å². The number of hydrogen-bond donors (Lipinski definition) is 1. The smallest absolute Gasteiger partial charge is 0.343 e. The Hall–Kier alpha value is -1.71. The first-order valence-electron chi connectivity index (χ1n) is 4.39. The van der Waals surface area contributed by atoms with Crippen LogP contribution < -0.4 is 9.22 Å². The van der Waals surface area contributed by atoms with Gasteiger partial charge in [-0.15, -0.1) is 9.72 Å². The van der Waals surface area contributed by atoms with Crippen LogP contribution in [0.2, 0.25) is 0 Å². The molecule has 0 saturated carbocycles. The molecule has 2 aromatic rings. The van der Waals surface area contributed by atoms with Gasteiger partial charge in [0.2, 0.25) is 0 Å². The van der Waals surface area contributed by atoms with Gasteiger partial charge in [-0.25, -0.2) is 9.18 Å². The van der Waals surface area contributed by atoms with Crippen molar-refractivity contribution in [1.29, 1.82) is 0 Å². The predicted molar refractivity (Wildman–Crippen MR) is 63.5 cm³/mol. The fourth-order valence-corrected chi connectivity index (χ4v) is 1.41. The van der Waals surface area contributed by atoms with Gasteiger partial charge in [0.15, 0.2) is 5.82 Å². The molecule has 0 atom stereocenters. The van der Waals surface area contributed by atoms with Crippen molar-refractivity contribution in [3.05, 3.63) is 46.5 Å². The highest BCUT2D eigenvalue weighted by molar-refractivity contribution is 14.1. The summed E-state index contributed by atoms with van der Waals surface area (Å²) in [6, 6.07) is 5.51. The summed E-state index contributed by atoms with van der Waals surface area (Å²) in [5, 5.41) is 0. The van der Waals surface area contributed by atoms with Crippen LogP contribution in [0.15, 0.2) is 33.6 Å². The largest absolute Gasteiger partial charge is 0.385 e. The summed E-state index contributed by atoms with van der Waals surface area (Å²) >= 11 is 1.57. The molecule has 0 saturated heterocycles. The molecular weight excluding hydrogens is 344 g/mol. The minimum atomic E-state index is -0.856. The van der Waals surface area contributed by atoms with Gasteiger partial charge >= 0.3 is 17.5 Å². The molecule has 1 amide bonds. The average Bonchev–Trinajstić information content (AvgIpc) is 2.71. The van der Waals surface area contributed by atoms with E-state index in [0.29, 0.717) is 4.74 Å². The van der Waals surface area contributed by atoms with Gasteiger partial charge in [-0.3, -0.25) is 8.32 Å². The van der Waals surface area contributed by atoms with Crippen molar-refractivity contribution in [3.8, 4) is 5.69 Å². The maximum absolute atomic E-state index is 13.4. The zero-order valence-electron chi connectivity index (χ0n) is 8.18. The van der Waals surface area contributed by atoms with E-state index in [4.69, 9.17) is 4.52 Å². The third-order valence-electron chi connectivity index (χ3n) is 1.90. The average molecular weight is 349 g/mol. The quantitative estimate of drug-likeness (QED) is 0.650. The molecule has 1 N–H and O–H groups in total. The highest BCUT2D eigenvalue weighted by Crippen LogP contribution is 2.10. The molecule has 8 heteroatoms. The van der Waals surface area contributed by atoms with Crippen LogP contribution in [0.3, 0.4) is 0 Å². The Kier molecular flexibility index (Phi) is 3.22. The van der Waals surface area contributed by atoms with Gasteiger partial charge in [-0.05, 0) is 12.1 Å². The first-order valence-corrected chi connectivity index (χ1v) is 5.47. The van der Waals surface area contributed by atoms with E-state index in [0.717, 1.165) is 0 Å². The first-order chi connectivity index (χ1) is 8.13. The summed E-state index contributed by atoms with van der Waals surface area (Å²) in [5.74, 6) is -1.74. The second kappa shape index (κ2) is 4.65. The topological polar surface area (TPSA) is 77.1 Å². The number of nitrogens with zero attached hydrogens (tertiary/aromatic N) is 2. The van der Waals surface area contributed by atoms with Crippen LogP contribution in [0.5, 0.6) is 0 Å². The molecule has 0 fully saturated rings. The molecule has 1 heterocycles. The van der Waals surface area contributed by atoms with E-state index in [2.05, 4.69) is 8.51 Å². The lowest BCUT2D eigenvalue weighted by atomic mass is 10.3. The number of halogens is 2. The molecular formula is C9H5FIN3O3. The van der Waals surface area contributed by atoms with Gasteiger partial charge in [0, 0.05) is 0 Å². The van der Waals surface area contributed by atoms with Crippen LogP contribution in [0, 0.1) is 5.82 Å². The lowest BCUT2D eigenvalue weighted by Gasteiger charge is -1.99. The molecule has 0 unspecified atom stereocenters. The Morgan fingerprint density at radius 2 is 2.18 bits per heavy atom. The Morgan fingerprint density at radius 1 is 1.47 bits per heavy atom. The Balaban J connectivity index is 2.54. The van der Waals surface area contributed by atoms with Crippen LogP contribution in [0.1, 0.15) is 10.7 Å². The van der Waals surface area contributed by atoms with Crippen molar-refractivity contribution >= 4 is 28.8 Å². The maximum Gasteiger partial charge on any atom is 0.385 e. The third-order valence-corrected chi connectivity index (χ3v) is 2.39. The van der Waals surface area contributed by atoms with Crippen molar-refractivity contribution < 1.29 is 13.7 Å². The summed E-state index contributed by atoms with van der Waals surface area (Å²) in [6.45, 7) is 0. The first kappa shape index (κ1) is 11.8. The summed E-state index contributed by atoms with van der Waals surface area (Å²) in [7, 11) is 0. The SMILES string of the molecule is O=C(NI)c1nc(=O)n(-c2ccccc2F)o1. The predicted octanol–water partition coefficient (Wildman–Crippen LogP) is 1.04. The van der Waals surface area contributed by atoms with Crippen LogP contribution in [0.25, 0.3) is 5.69 Å². The molecule has 88 valence electrons. The molecule has 6 nitrogen and oxygen atoms in total. The molecule has 1 aromatic heterocycles. The van der Waals surface area contributed by atoms with E-state index in [9.17, 15) is 14.0 Å². The fourth-order valence-electron chi connectivity index (χ4n) is 1.18. The second-order valence-corrected chi connectivity index (χ2v) is 3.50. The van der Waals surface area contributed by atoms with Crippen LogP contribution in [-0.4, -0.2) is 15.6 Å². The minimum absolute atomic E-state index is 0.0995. The van der Waals surface area contributed by atoms with E-state index < -0.39 is 23.3 Å². The van der Waals surface area contributed by atoms with Crippen LogP contribution in [0.4, 0.5) is 4.39 Å². The molecule has 1 aromatic carbocycles. The van der Waals surface area contributed by atoms with Gasteiger partial charge in [-0.2, -0.15) is 0 Å². The van der Waals surface area contributed by atoms with Crippen LogP contribution in [-0.2, 0) is 0 Å². The summed E-state index contributed by atoms with van der Waals surface area (Å²) in [4.78, 5) is 26.0. The number of benzene rings is 1. The lowest BCUT2D eigenvalue weighted by Crippen LogP contribution is -2.16. The van der Waals surface area contributed by atoms with Crippen molar-refractivity contribution in [1.82, 2.24) is 13.3 Å². The number of carbonyl (C=O) groups is 1. The van der Waals surface area contributed by atoms with Crippen molar-refractivity contribution in [2.45, 2.75) is 0 Å². The number of nitrogens with one attached hydrogen (secondary N) is 1. The monoisotopic (exact) mass is 349 g/mol. The number of amides is 1. The van der Waals surface area contributed by atoms with E-state index in [1.165, 1.54) is 24.3 Å². The van der Waals surface area contributed by atoms with Crippen LogP contribution >= 0.6 is 22.9 Å². The fraction of sp³-hybridized carbons (Fsp3) is 0. The molecule has 0 bridgehead atoms. The normalized spacial score (nSPS) is 10.2. The molecule has 0 radical (unpaired) electrons. The molecule has 0 aliphatic rings. The van der Waals surface area contributed by atoms with Crippen molar-refractivity contribution in [3.63, 3.8) is 0 Å². The third kappa shape index (κ3) is 2.20. The maximum atomic E-state index is 13.4. The molecule has 0 aliphatic heterocycles. The number of rotatable bonds is 2.